The van der Waals surface area contributed by atoms with E-state index in [1.54, 1.807) is 17.8 Å². The minimum atomic E-state index is 0.0463. The molecule has 0 bridgehead atoms. The lowest BCUT2D eigenvalue weighted by atomic mass is 10.1. The normalized spacial score (nSPS) is 14.4. The van der Waals surface area contributed by atoms with Gasteiger partial charge in [-0.3, -0.25) is 9.69 Å². The molecule has 1 aliphatic rings. The minimum Gasteiger partial charge on any atom is -0.351 e. The molecule has 0 saturated carbocycles. The van der Waals surface area contributed by atoms with Crippen LogP contribution in [-0.2, 0) is 23.6 Å². The molecule has 1 saturated heterocycles. The number of benzene rings is 2. The van der Waals surface area contributed by atoms with Crippen LogP contribution in [0, 0.1) is 0 Å². The molecule has 0 atom stereocenters. The van der Waals surface area contributed by atoms with Gasteiger partial charge in [0.2, 0.25) is 5.91 Å². The van der Waals surface area contributed by atoms with E-state index in [9.17, 15) is 4.79 Å². The van der Waals surface area contributed by atoms with Crippen LogP contribution in [0.4, 0.5) is 0 Å². The molecule has 27 heavy (non-hydrogen) atoms. The molecule has 1 aliphatic heterocycles. The molecule has 0 aromatic heterocycles. The summed E-state index contributed by atoms with van der Waals surface area (Å²) < 4.78 is 0. The number of nitrogens with one attached hydrogen (secondary N) is 1. The molecule has 1 N–H and O–H groups in total. The lowest BCUT2D eigenvalue weighted by molar-refractivity contribution is -0.118. The third-order valence-corrected chi connectivity index (χ3v) is 6.31. The molecule has 0 spiro atoms. The van der Waals surface area contributed by atoms with E-state index in [4.69, 9.17) is 23.2 Å². The van der Waals surface area contributed by atoms with Crippen LogP contribution in [-0.4, -0.2) is 29.6 Å². The van der Waals surface area contributed by atoms with Crippen LogP contribution in [0.1, 0.15) is 29.5 Å². The largest absolute Gasteiger partial charge is 0.351 e. The molecule has 2 aromatic carbocycles. The van der Waals surface area contributed by atoms with Crippen LogP contribution < -0.4 is 5.32 Å². The predicted molar refractivity (Wildman–Crippen MR) is 115 cm³/mol. The third kappa shape index (κ3) is 6.72. The summed E-state index contributed by atoms with van der Waals surface area (Å²) in [5, 5.41) is 4.11. The smallest absolute Gasteiger partial charge is 0.230 e. The van der Waals surface area contributed by atoms with Crippen molar-refractivity contribution in [1.29, 1.82) is 0 Å². The van der Waals surface area contributed by atoms with E-state index in [1.165, 1.54) is 31.5 Å². The molecular weight excluding hydrogens is 399 g/mol. The Morgan fingerprint density at radius 2 is 1.78 bits per heavy atom. The fourth-order valence-electron chi connectivity index (χ4n) is 3.18. The summed E-state index contributed by atoms with van der Waals surface area (Å²) in [6, 6.07) is 14.1. The molecule has 3 nitrogen and oxygen atoms in total. The van der Waals surface area contributed by atoms with Gasteiger partial charge in [-0.25, -0.2) is 0 Å². The number of amides is 1. The van der Waals surface area contributed by atoms with Gasteiger partial charge in [0.15, 0.2) is 0 Å². The predicted octanol–water partition coefficient (Wildman–Crippen LogP) is 5.14. The van der Waals surface area contributed by atoms with Crippen molar-refractivity contribution in [2.24, 2.45) is 0 Å². The van der Waals surface area contributed by atoms with E-state index in [1.807, 2.05) is 12.1 Å². The molecule has 0 aliphatic carbocycles. The molecule has 144 valence electrons. The quantitative estimate of drug-likeness (QED) is 0.638. The number of hydrogen-bond donors (Lipinski definition) is 1. The van der Waals surface area contributed by atoms with Crippen molar-refractivity contribution in [2.75, 3.05) is 18.8 Å². The number of likely N-dealkylation sites (tertiary alicyclic amines) is 1. The number of hydrogen-bond acceptors (Lipinski definition) is 3. The van der Waals surface area contributed by atoms with Gasteiger partial charge in [0.05, 0.1) is 15.8 Å². The first-order chi connectivity index (χ1) is 13.1. The van der Waals surface area contributed by atoms with Crippen LogP contribution in [0.15, 0.2) is 42.5 Å². The highest BCUT2D eigenvalue weighted by molar-refractivity contribution is 7.99. The first kappa shape index (κ1) is 20.5. The van der Waals surface area contributed by atoms with Gasteiger partial charge in [0.25, 0.3) is 0 Å². The number of carbonyl (C=O) groups excluding carboxylic acids is 1. The van der Waals surface area contributed by atoms with Gasteiger partial charge < -0.3 is 5.32 Å². The fourth-order valence-corrected chi connectivity index (χ4v) is 4.31. The standard InChI is InChI=1S/C21H24Cl2N2OS/c22-19-7-6-18(11-20(19)23)14-27-15-21(26)24-12-16-4-3-5-17(10-16)13-25-8-1-2-9-25/h3-7,10-11H,1-2,8-9,12-15H2,(H,24,26). The van der Waals surface area contributed by atoms with E-state index < -0.39 is 0 Å². The van der Waals surface area contributed by atoms with Gasteiger partial charge in [0, 0.05) is 18.8 Å². The molecule has 1 fully saturated rings. The van der Waals surface area contributed by atoms with Crippen molar-refractivity contribution in [3.05, 3.63) is 69.2 Å². The highest BCUT2D eigenvalue weighted by atomic mass is 35.5. The molecule has 0 radical (unpaired) electrons. The Morgan fingerprint density at radius 3 is 2.56 bits per heavy atom. The molecule has 2 aromatic rings. The van der Waals surface area contributed by atoms with Crippen LogP contribution in [0.5, 0.6) is 0 Å². The van der Waals surface area contributed by atoms with Crippen molar-refractivity contribution < 1.29 is 4.79 Å². The zero-order valence-electron chi connectivity index (χ0n) is 15.2. The lowest BCUT2D eigenvalue weighted by Gasteiger charge is -2.15. The average Bonchev–Trinajstić information content (AvgIpc) is 3.16. The molecule has 1 amide bonds. The van der Waals surface area contributed by atoms with E-state index in [-0.39, 0.29) is 5.91 Å². The van der Waals surface area contributed by atoms with Gasteiger partial charge in [-0.05, 0) is 54.8 Å². The third-order valence-electron chi connectivity index (χ3n) is 4.57. The summed E-state index contributed by atoms with van der Waals surface area (Å²) in [6.45, 7) is 3.95. The fraction of sp³-hybridized carbons (Fsp3) is 0.381. The second-order valence-electron chi connectivity index (χ2n) is 6.82. The summed E-state index contributed by atoms with van der Waals surface area (Å²) in [6.07, 6.45) is 2.60. The lowest BCUT2D eigenvalue weighted by Crippen LogP contribution is -2.24. The highest BCUT2D eigenvalue weighted by Crippen LogP contribution is 2.24. The van der Waals surface area contributed by atoms with Crippen molar-refractivity contribution in [3.63, 3.8) is 0 Å². The number of rotatable bonds is 8. The van der Waals surface area contributed by atoms with Crippen molar-refractivity contribution in [2.45, 2.75) is 31.7 Å². The zero-order chi connectivity index (χ0) is 19.1. The molecular formula is C21H24Cl2N2OS. The number of halogens is 2. The summed E-state index contributed by atoms with van der Waals surface area (Å²) in [4.78, 5) is 14.6. The molecule has 3 rings (SSSR count). The second kappa shape index (κ2) is 10.4. The summed E-state index contributed by atoms with van der Waals surface area (Å²) in [5.41, 5.74) is 3.53. The number of thioether (sulfide) groups is 1. The first-order valence-electron chi connectivity index (χ1n) is 9.19. The number of nitrogens with zero attached hydrogens (tertiary/aromatic N) is 1. The van der Waals surface area contributed by atoms with E-state index in [0.717, 1.165) is 23.4 Å². The van der Waals surface area contributed by atoms with E-state index in [2.05, 4.69) is 34.5 Å². The monoisotopic (exact) mass is 422 g/mol. The highest BCUT2D eigenvalue weighted by Gasteiger charge is 2.12. The van der Waals surface area contributed by atoms with Crippen LogP contribution in [0.2, 0.25) is 10.0 Å². The van der Waals surface area contributed by atoms with Gasteiger partial charge >= 0.3 is 0 Å². The molecule has 6 heteroatoms. The van der Waals surface area contributed by atoms with E-state index in [0.29, 0.717) is 22.3 Å². The Labute approximate surface area is 175 Å². The Balaban J connectivity index is 1.40. The topological polar surface area (TPSA) is 32.3 Å². The average molecular weight is 423 g/mol. The van der Waals surface area contributed by atoms with Crippen LogP contribution in [0.3, 0.4) is 0 Å². The van der Waals surface area contributed by atoms with E-state index >= 15 is 0 Å². The summed E-state index contributed by atoms with van der Waals surface area (Å²) in [5.74, 6) is 1.20. The van der Waals surface area contributed by atoms with Crippen LogP contribution in [0.25, 0.3) is 0 Å². The van der Waals surface area contributed by atoms with Crippen molar-refractivity contribution >= 4 is 40.9 Å². The molecule has 1 heterocycles. The van der Waals surface area contributed by atoms with Crippen LogP contribution >= 0.6 is 35.0 Å². The summed E-state index contributed by atoms with van der Waals surface area (Å²) >= 11 is 13.5. The number of carbonyl (C=O) groups is 1. The first-order valence-corrected chi connectivity index (χ1v) is 11.1. The second-order valence-corrected chi connectivity index (χ2v) is 8.62. The maximum Gasteiger partial charge on any atom is 0.230 e. The SMILES string of the molecule is O=C(CSCc1ccc(Cl)c(Cl)c1)NCc1cccc(CN2CCCC2)c1. The Hall–Kier alpha value is -1.20. The van der Waals surface area contributed by atoms with Gasteiger partial charge in [-0.1, -0.05) is 53.5 Å². The summed E-state index contributed by atoms with van der Waals surface area (Å²) in [7, 11) is 0. The van der Waals surface area contributed by atoms with Crippen molar-refractivity contribution in [3.8, 4) is 0 Å². The van der Waals surface area contributed by atoms with Crippen molar-refractivity contribution in [1.82, 2.24) is 10.2 Å². The molecule has 0 unspecified atom stereocenters. The minimum absolute atomic E-state index is 0.0463. The van der Waals surface area contributed by atoms with Gasteiger partial charge in [-0.15, -0.1) is 11.8 Å². The van der Waals surface area contributed by atoms with Gasteiger partial charge in [-0.2, -0.15) is 0 Å². The Kier molecular flexibility index (Phi) is 7.89. The zero-order valence-corrected chi connectivity index (χ0v) is 17.5. The maximum absolute atomic E-state index is 12.1. The Bertz CT molecular complexity index is 779. The maximum atomic E-state index is 12.1. The van der Waals surface area contributed by atoms with Gasteiger partial charge in [0.1, 0.15) is 0 Å². The Morgan fingerprint density at radius 1 is 1.00 bits per heavy atom.